The van der Waals surface area contributed by atoms with Gasteiger partial charge in [0.1, 0.15) is 23.1 Å². The van der Waals surface area contributed by atoms with Crippen molar-refractivity contribution in [1.29, 1.82) is 0 Å². The van der Waals surface area contributed by atoms with Crippen LogP contribution in [-0.4, -0.2) is 13.1 Å². The van der Waals surface area contributed by atoms with Crippen molar-refractivity contribution in [2.75, 3.05) is 12.4 Å². The summed E-state index contributed by atoms with van der Waals surface area (Å²) in [6.45, 7) is 0.321. The summed E-state index contributed by atoms with van der Waals surface area (Å²) >= 11 is 0. The number of rotatable bonds is 6. The average molecular weight is 366 g/mol. The third-order valence-corrected chi connectivity index (χ3v) is 3.76. The molecular formula is C21H19FN2O3. The second kappa shape index (κ2) is 8.71. The van der Waals surface area contributed by atoms with Crippen molar-refractivity contribution in [1.82, 2.24) is 5.32 Å². The largest absolute Gasteiger partial charge is 0.495 e. The molecule has 27 heavy (non-hydrogen) atoms. The number of halogens is 1. The van der Waals surface area contributed by atoms with Crippen molar-refractivity contribution < 1.29 is 18.7 Å². The number of nitrogens with one attached hydrogen (secondary N) is 2. The normalized spacial score (nSPS) is 10.1. The second-order valence-corrected chi connectivity index (χ2v) is 5.71. The summed E-state index contributed by atoms with van der Waals surface area (Å²) in [5, 5.41) is 5.54. The van der Waals surface area contributed by atoms with E-state index in [2.05, 4.69) is 10.6 Å². The van der Waals surface area contributed by atoms with E-state index in [1.54, 1.807) is 37.4 Å². The molecule has 2 amide bonds. The van der Waals surface area contributed by atoms with Gasteiger partial charge in [0.15, 0.2) is 0 Å². The first kappa shape index (κ1) is 18.3. The zero-order valence-electron chi connectivity index (χ0n) is 14.7. The minimum atomic E-state index is -0.343. The Bertz CT molecular complexity index is 913. The molecule has 6 heteroatoms. The number of anilines is 1. The highest BCUT2D eigenvalue weighted by atomic mass is 19.1. The number of benzene rings is 3. The predicted octanol–water partition coefficient (Wildman–Crippen LogP) is 4.95. The number of carbonyl (C=O) groups is 1. The van der Waals surface area contributed by atoms with Gasteiger partial charge in [-0.05, 0) is 54.1 Å². The molecule has 0 aliphatic heterocycles. The lowest BCUT2D eigenvalue weighted by molar-refractivity contribution is 0.251. The zero-order chi connectivity index (χ0) is 19.1. The molecule has 0 aromatic heterocycles. The van der Waals surface area contributed by atoms with Crippen LogP contribution >= 0.6 is 0 Å². The molecule has 3 aromatic carbocycles. The van der Waals surface area contributed by atoms with E-state index in [-0.39, 0.29) is 11.8 Å². The second-order valence-electron chi connectivity index (χ2n) is 5.71. The summed E-state index contributed by atoms with van der Waals surface area (Å²) in [6, 6.07) is 19.9. The third-order valence-electron chi connectivity index (χ3n) is 3.76. The topological polar surface area (TPSA) is 59.6 Å². The Morgan fingerprint density at radius 1 is 0.963 bits per heavy atom. The zero-order valence-corrected chi connectivity index (χ0v) is 14.7. The number of ether oxygens (including phenoxy) is 2. The molecule has 2 N–H and O–H groups in total. The van der Waals surface area contributed by atoms with E-state index in [4.69, 9.17) is 9.47 Å². The standard InChI is InChI=1S/C21H19FN2O3/c1-26-20-8-3-2-7-19(20)24-21(25)23-14-15-5-4-6-18(13-15)27-17-11-9-16(22)10-12-17/h2-13H,14H2,1H3,(H2,23,24,25). The molecule has 0 saturated heterocycles. The summed E-state index contributed by atoms with van der Waals surface area (Å²) in [7, 11) is 1.55. The Morgan fingerprint density at radius 2 is 1.74 bits per heavy atom. The van der Waals surface area contributed by atoms with Gasteiger partial charge < -0.3 is 20.1 Å². The van der Waals surface area contributed by atoms with E-state index in [0.29, 0.717) is 29.5 Å². The highest BCUT2D eigenvalue weighted by Crippen LogP contribution is 2.24. The van der Waals surface area contributed by atoms with Crippen LogP contribution in [0.25, 0.3) is 0 Å². The fourth-order valence-electron chi connectivity index (χ4n) is 2.45. The monoisotopic (exact) mass is 366 g/mol. The molecule has 0 heterocycles. The van der Waals surface area contributed by atoms with Gasteiger partial charge in [-0.2, -0.15) is 0 Å². The highest BCUT2D eigenvalue weighted by Gasteiger charge is 2.07. The summed E-state index contributed by atoms with van der Waals surface area (Å²) in [6.07, 6.45) is 0. The lowest BCUT2D eigenvalue weighted by atomic mass is 10.2. The lowest BCUT2D eigenvalue weighted by Gasteiger charge is -2.11. The van der Waals surface area contributed by atoms with E-state index in [0.717, 1.165) is 5.56 Å². The fraction of sp³-hybridized carbons (Fsp3) is 0.0952. The smallest absolute Gasteiger partial charge is 0.319 e. The summed E-state index contributed by atoms with van der Waals surface area (Å²) in [5.74, 6) is 1.41. The summed E-state index contributed by atoms with van der Waals surface area (Å²) < 4.78 is 23.9. The molecule has 0 unspecified atom stereocenters. The van der Waals surface area contributed by atoms with Crippen LogP contribution in [-0.2, 0) is 6.54 Å². The highest BCUT2D eigenvalue weighted by molar-refractivity contribution is 5.90. The molecule has 3 aromatic rings. The molecule has 0 atom stereocenters. The van der Waals surface area contributed by atoms with Crippen molar-refractivity contribution in [3.63, 3.8) is 0 Å². The van der Waals surface area contributed by atoms with Crippen LogP contribution in [0.4, 0.5) is 14.9 Å². The first-order valence-electron chi connectivity index (χ1n) is 8.34. The van der Waals surface area contributed by atoms with Gasteiger partial charge in [0.25, 0.3) is 0 Å². The third kappa shape index (κ3) is 5.22. The molecule has 0 fully saturated rings. The molecular weight excluding hydrogens is 347 g/mol. The number of amides is 2. The first-order valence-corrected chi connectivity index (χ1v) is 8.34. The van der Waals surface area contributed by atoms with Crippen LogP contribution in [0.15, 0.2) is 72.8 Å². The van der Waals surface area contributed by atoms with Gasteiger partial charge in [-0.3, -0.25) is 0 Å². The Morgan fingerprint density at radius 3 is 2.52 bits per heavy atom. The number of carbonyl (C=O) groups excluding carboxylic acids is 1. The van der Waals surface area contributed by atoms with Crippen molar-refractivity contribution in [2.24, 2.45) is 0 Å². The van der Waals surface area contributed by atoms with Gasteiger partial charge in [-0.15, -0.1) is 0 Å². The summed E-state index contributed by atoms with van der Waals surface area (Å²) in [4.78, 5) is 12.1. The van der Waals surface area contributed by atoms with Crippen LogP contribution < -0.4 is 20.1 Å². The predicted molar refractivity (Wildman–Crippen MR) is 102 cm³/mol. The van der Waals surface area contributed by atoms with Crippen LogP contribution in [0.1, 0.15) is 5.56 Å². The molecule has 5 nitrogen and oxygen atoms in total. The minimum Gasteiger partial charge on any atom is -0.495 e. The van der Waals surface area contributed by atoms with Gasteiger partial charge in [0, 0.05) is 6.54 Å². The number of urea groups is 1. The number of hydrogen-bond acceptors (Lipinski definition) is 3. The molecule has 3 rings (SSSR count). The van der Waals surface area contributed by atoms with E-state index >= 15 is 0 Å². The molecule has 138 valence electrons. The Balaban J connectivity index is 1.58. The van der Waals surface area contributed by atoms with Gasteiger partial charge in [0.2, 0.25) is 0 Å². The fourth-order valence-corrected chi connectivity index (χ4v) is 2.45. The van der Waals surface area contributed by atoms with Gasteiger partial charge in [0.05, 0.1) is 12.8 Å². The number of methoxy groups -OCH3 is 1. The van der Waals surface area contributed by atoms with Gasteiger partial charge in [-0.25, -0.2) is 9.18 Å². The quantitative estimate of drug-likeness (QED) is 0.649. The van der Waals surface area contributed by atoms with Gasteiger partial charge >= 0.3 is 6.03 Å². The SMILES string of the molecule is COc1ccccc1NC(=O)NCc1cccc(Oc2ccc(F)cc2)c1. The maximum atomic E-state index is 13.0. The number of hydrogen-bond donors (Lipinski definition) is 2. The lowest BCUT2D eigenvalue weighted by Crippen LogP contribution is -2.28. The van der Waals surface area contributed by atoms with Gasteiger partial charge in [-0.1, -0.05) is 24.3 Å². The Hall–Kier alpha value is -3.54. The van der Waals surface area contributed by atoms with Crippen LogP contribution in [0, 0.1) is 5.82 Å². The number of para-hydroxylation sites is 2. The van der Waals surface area contributed by atoms with Crippen molar-refractivity contribution in [3.05, 3.63) is 84.2 Å². The summed E-state index contributed by atoms with van der Waals surface area (Å²) in [5.41, 5.74) is 1.45. The van der Waals surface area contributed by atoms with Crippen molar-refractivity contribution >= 4 is 11.7 Å². The minimum absolute atomic E-state index is 0.318. The molecule has 0 aliphatic carbocycles. The molecule has 0 aliphatic rings. The van der Waals surface area contributed by atoms with Crippen LogP contribution in [0.3, 0.4) is 0 Å². The molecule has 0 radical (unpaired) electrons. The van der Waals surface area contributed by atoms with E-state index < -0.39 is 0 Å². The Kier molecular flexibility index (Phi) is 5.89. The first-order chi connectivity index (χ1) is 13.1. The van der Waals surface area contributed by atoms with Crippen LogP contribution in [0.2, 0.25) is 0 Å². The van der Waals surface area contributed by atoms with E-state index in [9.17, 15) is 9.18 Å². The maximum absolute atomic E-state index is 13.0. The van der Waals surface area contributed by atoms with E-state index in [1.165, 1.54) is 12.1 Å². The van der Waals surface area contributed by atoms with Crippen molar-refractivity contribution in [2.45, 2.75) is 6.54 Å². The van der Waals surface area contributed by atoms with Crippen molar-refractivity contribution in [3.8, 4) is 17.2 Å². The maximum Gasteiger partial charge on any atom is 0.319 e. The van der Waals surface area contributed by atoms with E-state index in [1.807, 2.05) is 30.3 Å². The molecule has 0 bridgehead atoms. The molecule has 0 spiro atoms. The Labute approximate surface area is 156 Å². The average Bonchev–Trinajstić information content (AvgIpc) is 2.69. The molecule has 0 saturated carbocycles. The van der Waals surface area contributed by atoms with Crippen LogP contribution in [0.5, 0.6) is 17.2 Å².